The molecule has 0 heterocycles. The molecule has 0 radical (unpaired) electrons. The first-order chi connectivity index (χ1) is 20.4. The second kappa shape index (κ2) is 19.6. The topological polar surface area (TPSA) is 69.7 Å². The Labute approximate surface area is 262 Å². The van der Waals surface area contributed by atoms with Crippen LogP contribution in [-0.2, 0) is 20.8 Å². The van der Waals surface area contributed by atoms with E-state index in [1.807, 2.05) is 57.2 Å². The Hall–Kier alpha value is -3.50. The zero-order chi connectivity index (χ0) is 32.4. The number of hydrogen-bond donors (Lipinski definition) is 1. The maximum Gasteiger partial charge on any atom is 0.246 e. The van der Waals surface area contributed by atoms with E-state index in [9.17, 15) is 14.4 Å². The van der Waals surface area contributed by atoms with Gasteiger partial charge in [-0.1, -0.05) is 119 Å². The van der Waals surface area contributed by atoms with Crippen LogP contribution in [0.5, 0.6) is 0 Å². The Kier molecular flexibility index (Phi) is 17.1. The van der Waals surface area contributed by atoms with Gasteiger partial charge in [0.25, 0.3) is 0 Å². The van der Waals surface area contributed by atoms with Crippen LogP contribution in [0.4, 0.5) is 0 Å². The van der Waals surface area contributed by atoms with Gasteiger partial charge in [0.2, 0.25) is 17.7 Å². The van der Waals surface area contributed by atoms with Gasteiger partial charge in [0.15, 0.2) is 0 Å². The van der Waals surface area contributed by atoms with E-state index < -0.39 is 6.04 Å². The summed E-state index contributed by atoms with van der Waals surface area (Å²) in [6, 6.07) is 23.9. The van der Waals surface area contributed by atoms with Crippen molar-refractivity contribution < 1.29 is 14.4 Å². The maximum atomic E-state index is 12.8. The molecule has 1 N–H and O–H groups in total. The third-order valence-corrected chi connectivity index (χ3v) is 6.78. The molecule has 3 aromatic rings. The molecule has 0 aliphatic heterocycles. The highest BCUT2D eigenvalue weighted by Crippen LogP contribution is 2.21. The van der Waals surface area contributed by atoms with Crippen LogP contribution in [0.15, 0.2) is 84.9 Å². The Balaban J connectivity index is 0.000000582. The van der Waals surface area contributed by atoms with Crippen LogP contribution < -0.4 is 5.32 Å². The normalized spacial score (nSPS) is 11.5. The molecule has 0 bridgehead atoms. The summed E-state index contributed by atoms with van der Waals surface area (Å²) < 4.78 is 0. The van der Waals surface area contributed by atoms with Gasteiger partial charge < -0.3 is 15.1 Å². The van der Waals surface area contributed by atoms with Crippen molar-refractivity contribution in [3.63, 3.8) is 0 Å². The summed E-state index contributed by atoms with van der Waals surface area (Å²) in [4.78, 5) is 40.7. The highest BCUT2D eigenvalue weighted by molar-refractivity contribution is 7.18. The van der Waals surface area contributed by atoms with E-state index in [-0.39, 0.29) is 29.4 Å². The lowest BCUT2D eigenvalue weighted by atomic mass is 10.0. The maximum absolute atomic E-state index is 12.8. The van der Waals surface area contributed by atoms with E-state index in [1.54, 1.807) is 14.1 Å². The molecule has 0 fully saturated rings. The molecule has 3 aromatic carbocycles. The molecule has 234 valence electrons. The molecule has 3 rings (SSSR count). The van der Waals surface area contributed by atoms with Crippen molar-refractivity contribution in [3.8, 4) is 0 Å². The first-order valence-electron chi connectivity index (χ1n) is 15.1. The lowest BCUT2D eigenvalue weighted by Crippen LogP contribution is -2.51. The molecule has 2 atom stereocenters. The largest absolute Gasteiger partial charge is 0.354 e. The van der Waals surface area contributed by atoms with Crippen LogP contribution in [0.25, 0.3) is 10.8 Å². The number of likely N-dealkylation sites (N-methyl/N-ethyl adjacent to an activating group) is 2. The number of amides is 3. The number of nitrogens with one attached hydrogen (secondary N) is 1. The summed E-state index contributed by atoms with van der Waals surface area (Å²) in [5.41, 5.74) is 2.30. The number of hydrogen-bond acceptors (Lipinski definition) is 3. The molecule has 0 aromatic heterocycles. The van der Waals surface area contributed by atoms with Gasteiger partial charge in [0.05, 0.1) is 6.54 Å². The van der Waals surface area contributed by atoms with Crippen molar-refractivity contribution in [2.24, 2.45) is 0 Å². The summed E-state index contributed by atoms with van der Waals surface area (Å²) in [6.07, 6.45) is 5.28. The highest BCUT2D eigenvalue weighted by atomic mass is 31.0. The van der Waals surface area contributed by atoms with Gasteiger partial charge in [-0.15, -0.1) is 9.24 Å². The summed E-state index contributed by atoms with van der Waals surface area (Å²) >= 11 is 0. The van der Waals surface area contributed by atoms with Gasteiger partial charge in [-0.05, 0) is 47.3 Å². The van der Waals surface area contributed by atoms with Crippen LogP contribution in [-0.4, -0.2) is 65.9 Å². The van der Waals surface area contributed by atoms with E-state index in [0.29, 0.717) is 13.0 Å². The molecule has 43 heavy (non-hydrogen) atoms. The lowest BCUT2D eigenvalue weighted by Gasteiger charge is -2.29. The van der Waals surface area contributed by atoms with Crippen LogP contribution in [0.3, 0.4) is 0 Å². The Morgan fingerprint density at radius 1 is 0.930 bits per heavy atom. The van der Waals surface area contributed by atoms with E-state index in [4.69, 9.17) is 0 Å². The van der Waals surface area contributed by atoms with Crippen molar-refractivity contribution in [1.82, 2.24) is 15.1 Å². The quantitative estimate of drug-likeness (QED) is 0.193. The fourth-order valence-electron chi connectivity index (χ4n) is 4.07. The molecular weight excluding hydrogens is 553 g/mol. The van der Waals surface area contributed by atoms with Gasteiger partial charge >= 0.3 is 0 Å². The molecule has 0 saturated heterocycles. The number of aryl methyl sites for hydroxylation is 1. The fourth-order valence-corrected chi connectivity index (χ4v) is 4.21. The van der Waals surface area contributed by atoms with Gasteiger partial charge in [0.1, 0.15) is 6.04 Å². The first kappa shape index (κ1) is 37.5. The average Bonchev–Trinajstić information content (AvgIpc) is 2.99. The minimum atomic E-state index is -0.636. The number of fused-ring (bicyclic) bond motifs is 1. The lowest BCUT2D eigenvalue weighted by molar-refractivity contribution is -0.141. The molecule has 0 spiro atoms. The third-order valence-electron chi connectivity index (χ3n) is 6.54. The highest BCUT2D eigenvalue weighted by Gasteiger charge is 2.28. The minimum Gasteiger partial charge on any atom is -0.354 e. The molecule has 3 amide bonds. The summed E-state index contributed by atoms with van der Waals surface area (Å²) in [5, 5.41) is 5.54. The third kappa shape index (κ3) is 14.5. The van der Waals surface area contributed by atoms with E-state index in [2.05, 4.69) is 77.8 Å². The number of carbonyl (C=O) groups is 3. The number of benzene rings is 3. The van der Waals surface area contributed by atoms with Gasteiger partial charge in [-0.2, -0.15) is 0 Å². The van der Waals surface area contributed by atoms with Crippen molar-refractivity contribution in [2.75, 3.05) is 27.2 Å². The van der Waals surface area contributed by atoms with Crippen molar-refractivity contribution >= 4 is 37.7 Å². The SMILES string of the molecule is CC.CCCNC(=O)[C@@H](Cc1ccccc1)N(C)C(=O)CN(C)C(=O)/C=C/CC(C)(C)P.Cc1ccc2ccccc2c1. The minimum absolute atomic E-state index is 0.0158. The zero-order valence-corrected chi connectivity index (χ0v) is 28.5. The number of rotatable bonds is 11. The number of allylic oxidation sites excluding steroid dienone is 1. The monoisotopic (exact) mass is 605 g/mol. The molecule has 1 unspecified atom stereocenters. The van der Waals surface area contributed by atoms with Gasteiger partial charge in [-0.3, -0.25) is 14.4 Å². The Bertz CT molecular complexity index is 1300. The first-order valence-corrected chi connectivity index (χ1v) is 15.7. The van der Waals surface area contributed by atoms with Crippen molar-refractivity contribution in [3.05, 3.63) is 96.1 Å². The van der Waals surface area contributed by atoms with Gasteiger partial charge in [-0.25, -0.2) is 0 Å². The van der Waals surface area contributed by atoms with Crippen LogP contribution in [0.1, 0.15) is 58.6 Å². The van der Waals surface area contributed by atoms with E-state index in [1.165, 1.54) is 32.2 Å². The van der Waals surface area contributed by atoms with Gasteiger partial charge in [0, 0.05) is 27.1 Å². The van der Waals surface area contributed by atoms with E-state index in [0.717, 1.165) is 18.4 Å². The second-order valence-electron chi connectivity index (χ2n) is 11.1. The van der Waals surface area contributed by atoms with Crippen LogP contribution in [0, 0.1) is 6.92 Å². The molecule has 7 heteroatoms. The molecule has 0 aliphatic carbocycles. The van der Waals surface area contributed by atoms with Crippen molar-refractivity contribution in [2.45, 2.75) is 72.0 Å². The standard InChI is InChI=1S/C23H36N3O3P.C11H10.C2H6/c1-6-15-24-22(29)19(16-18-11-8-7-9-12-18)26(5)21(28)17-25(4)20(27)13-10-14-23(2,3)30;1-9-6-7-10-4-2-3-5-11(10)8-9;1-2/h7-13,19H,6,14-17,30H2,1-5H3,(H,24,29);2-8H,1H3;1-2H3/b13-10+;;/t19-;;/m1../s1. The Morgan fingerprint density at radius 2 is 1.53 bits per heavy atom. The predicted molar refractivity (Wildman–Crippen MR) is 185 cm³/mol. The summed E-state index contributed by atoms with van der Waals surface area (Å²) in [6.45, 7) is 12.7. The predicted octanol–water partition coefficient (Wildman–Crippen LogP) is 6.82. The number of carbonyl (C=O) groups excluding carboxylic acids is 3. The molecule has 6 nitrogen and oxygen atoms in total. The van der Waals surface area contributed by atoms with E-state index >= 15 is 0 Å². The second-order valence-corrected chi connectivity index (χ2v) is 12.7. The molecule has 0 saturated carbocycles. The van der Waals surface area contributed by atoms with Crippen LogP contribution >= 0.6 is 9.24 Å². The smallest absolute Gasteiger partial charge is 0.246 e. The van der Waals surface area contributed by atoms with Crippen LogP contribution in [0.2, 0.25) is 0 Å². The molecular formula is C36H52N3O3P. The average molecular weight is 606 g/mol. The Morgan fingerprint density at radius 3 is 2.14 bits per heavy atom. The summed E-state index contributed by atoms with van der Waals surface area (Å²) in [7, 11) is 5.94. The summed E-state index contributed by atoms with van der Waals surface area (Å²) in [5.74, 6) is -0.702. The zero-order valence-electron chi connectivity index (χ0n) is 27.4. The molecule has 0 aliphatic rings. The number of nitrogens with zero attached hydrogens (tertiary/aromatic N) is 2. The van der Waals surface area contributed by atoms with Crippen molar-refractivity contribution in [1.29, 1.82) is 0 Å². The fraction of sp³-hybridized carbons (Fsp3) is 0.417.